The minimum atomic E-state index is -0.255. The van der Waals surface area contributed by atoms with E-state index < -0.39 is 0 Å². The van der Waals surface area contributed by atoms with E-state index in [-0.39, 0.29) is 12.2 Å². The molecule has 0 aliphatic heterocycles. The smallest absolute Gasteiger partial charge is 0.0576 e. The molecule has 0 amide bonds. The molecule has 0 aliphatic carbocycles. The van der Waals surface area contributed by atoms with E-state index >= 15 is 0 Å². The Morgan fingerprint density at radius 2 is 1.85 bits per heavy atom. The molecule has 0 aromatic heterocycles. The maximum absolute atomic E-state index is 9.16. The highest BCUT2D eigenvalue weighted by molar-refractivity contribution is 4.61. The predicted octanol–water partition coefficient (Wildman–Crippen LogP) is 2.74. The SMILES string of the molecule is CCC[C@H](CC)O[C@H](C)C[C@@H](C)O. The Labute approximate surface area is 82.3 Å². The van der Waals surface area contributed by atoms with E-state index in [1.807, 2.05) is 6.92 Å². The average molecular weight is 188 g/mol. The van der Waals surface area contributed by atoms with E-state index in [1.165, 1.54) is 6.42 Å². The van der Waals surface area contributed by atoms with Gasteiger partial charge < -0.3 is 9.84 Å². The fourth-order valence-electron chi connectivity index (χ4n) is 1.55. The number of ether oxygens (including phenoxy) is 1. The van der Waals surface area contributed by atoms with Gasteiger partial charge in [0.15, 0.2) is 0 Å². The first-order valence-corrected chi connectivity index (χ1v) is 5.43. The lowest BCUT2D eigenvalue weighted by atomic mass is 10.1. The van der Waals surface area contributed by atoms with Gasteiger partial charge in [-0.25, -0.2) is 0 Å². The zero-order valence-corrected chi connectivity index (χ0v) is 9.42. The van der Waals surface area contributed by atoms with Gasteiger partial charge in [-0.1, -0.05) is 20.3 Å². The molecule has 0 saturated heterocycles. The van der Waals surface area contributed by atoms with Gasteiger partial charge in [0.2, 0.25) is 0 Å². The molecule has 0 heterocycles. The lowest BCUT2D eigenvalue weighted by Crippen LogP contribution is -2.22. The van der Waals surface area contributed by atoms with Crippen LogP contribution >= 0.6 is 0 Å². The van der Waals surface area contributed by atoms with Crippen molar-refractivity contribution in [3.8, 4) is 0 Å². The molecule has 80 valence electrons. The minimum Gasteiger partial charge on any atom is -0.393 e. The van der Waals surface area contributed by atoms with Crippen LogP contribution in [0, 0.1) is 0 Å². The largest absolute Gasteiger partial charge is 0.393 e. The molecule has 0 saturated carbocycles. The Morgan fingerprint density at radius 1 is 1.23 bits per heavy atom. The molecule has 0 spiro atoms. The van der Waals surface area contributed by atoms with E-state index in [0.717, 1.165) is 19.3 Å². The van der Waals surface area contributed by atoms with Gasteiger partial charge in [-0.15, -0.1) is 0 Å². The van der Waals surface area contributed by atoms with Gasteiger partial charge in [-0.05, 0) is 33.1 Å². The van der Waals surface area contributed by atoms with Gasteiger partial charge in [0.05, 0.1) is 18.3 Å². The topological polar surface area (TPSA) is 29.5 Å². The summed E-state index contributed by atoms with van der Waals surface area (Å²) in [5, 5.41) is 9.16. The minimum absolute atomic E-state index is 0.177. The summed E-state index contributed by atoms with van der Waals surface area (Å²) in [6.45, 7) is 8.16. The number of hydrogen-bond donors (Lipinski definition) is 1. The van der Waals surface area contributed by atoms with E-state index in [2.05, 4.69) is 13.8 Å². The predicted molar refractivity (Wildman–Crippen MR) is 55.8 cm³/mol. The lowest BCUT2D eigenvalue weighted by Gasteiger charge is -2.21. The second-order valence-corrected chi connectivity index (χ2v) is 3.85. The van der Waals surface area contributed by atoms with Crippen molar-refractivity contribution in [2.24, 2.45) is 0 Å². The van der Waals surface area contributed by atoms with Crippen LogP contribution in [0.1, 0.15) is 53.4 Å². The highest BCUT2D eigenvalue weighted by atomic mass is 16.5. The van der Waals surface area contributed by atoms with Crippen molar-refractivity contribution in [3.05, 3.63) is 0 Å². The Bertz CT molecular complexity index is 113. The first kappa shape index (κ1) is 12.9. The van der Waals surface area contributed by atoms with Gasteiger partial charge in [0, 0.05) is 0 Å². The Kier molecular flexibility index (Phi) is 7.29. The maximum Gasteiger partial charge on any atom is 0.0576 e. The third-order valence-electron chi connectivity index (χ3n) is 2.16. The summed E-state index contributed by atoms with van der Waals surface area (Å²) < 4.78 is 5.79. The van der Waals surface area contributed by atoms with Crippen LogP contribution in [0.15, 0.2) is 0 Å². The maximum atomic E-state index is 9.16. The van der Waals surface area contributed by atoms with E-state index in [9.17, 15) is 0 Å². The molecule has 0 rings (SSSR count). The van der Waals surface area contributed by atoms with Crippen molar-refractivity contribution >= 4 is 0 Å². The summed E-state index contributed by atoms with van der Waals surface area (Å²) in [6.07, 6.45) is 4.39. The number of hydrogen-bond acceptors (Lipinski definition) is 2. The lowest BCUT2D eigenvalue weighted by molar-refractivity contribution is -0.0290. The van der Waals surface area contributed by atoms with E-state index in [1.54, 1.807) is 6.92 Å². The summed E-state index contributed by atoms with van der Waals surface area (Å²) in [7, 11) is 0. The third-order valence-corrected chi connectivity index (χ3v) is 2.16. The Morgan fingerprint density at radius 3 is 2.23 bits per heavy atom. The van der Waals surface area contributed by atoms with Crippen molar-refractivity contribution in [1.82, 2.24) is 0 Å². The first-order chi connectivity index (χ1) is 6.10. The molecule has 3 atom stereocenters. The van der Waals surface area contributed by atoms with Crippen LogP contribution in [0.5, 0.6) is 0 Å². The zero-order chi connectivity index (χ0) is 10.3. The quantitative estimate of drug-likeness (QED) is 0.665. The van der Waals surface area contributed by atoms with Crippen LogP contribution in [-0.2, 0) is 4.74 Å². The van der Waals surface area contributed by atoms with Crippen molar-refractivity contribution in [2.45, 2.75) is 71.7 Å². The number of aliphatic hydroxyl groups excluding tert-OH is 1. The number of rotatable bonds is 7. The summed E-state index contributed by atoms with van der Waals surface area (Å²) >= 11 is 0. The molecule has 1 N–H and O–H groups in total. The monoisotopic (exact) mass is 188 g/mol. The van der Waals surface area contributed by atoms with Crippen LogP contribution in [0.25, 0.3) is 0 Å². The van der Waals surface area contributed by atoms with Crippen LogP contribution in [-0.4, -0.2) is 23.4 Å². The molecule has 0 unspecified atom stereocenters. The second kappa shape index (κ2) is 7.34. The fourth-order valence-corrected chi connectivity index (χ4v) is 1.55. The standard InChI is InChI=1S/C11H24O2/c1-5-7-11(6-2)13-10(4)8-9(3)12/h9-12H,5-8H2,1-4H3/t9-,10-,11+/m1/s1. The van der Waals surface area contributed by atoms with Crippen molar-refractivity contribution < 1.29 is 9.84 Å². The van der Waals surface area contributed by atoms with Gasteiger partial charge in [-0.3, -0.25) is 0 Å². The molecule has 0 radical (unpaired) electrons. The van der Waals surface area contributed by atoms with Crippen molar-refractivity contribution in [2.75, 3.05) is 0 Å². The molecule has 0 aliphatic rings. The van der Waals surface area contributed by atoms with Crippen LogP contribution in [0.4, 0.5) is 0 Å². The van der Waals surface area contributed by atoms with E-state index in [4.69, 9.17) is 9.84 Å². The second-order valence-electron chi connectivity index (χ2n) is 3.85. The fraction of sp³-hybridized carbons (Fsp3) is 1.00. The van der Waals surface area contributed by atoms with Crippen LogP contribution in [0.2, 0.25) is 0 Å². The van der Waals surface area contributed by atoms with Gasteiger partial charge in [0.1, 0.15) is 0 Å². The number of aliphatic hydroxyl groups is 1. The molecule has 0 aromatic rings. The summed E-state index contributed by atoms with van der Waals surface area (Å²) in [4.78, 5) is 0. The summed E-state index contributed by atoms with van der Waals surface area (Å²) in [5.41, 5.74) is 0. The molecule has 0 bridgehead atoms. The normalized spacial score (nSPS) is 18.2. The molecule has 2 nitrogen and oxygen atoms in total. The summed E-state index contributed by atoms with van der Waals surface area (Å²) in [5.74, 6) is 0. The molecular formula is C11H24O2. The van der Waals surface area contributed by atoms with E-state index in [0.29, 0.717) is 6.10 Å². The van der Waals surface area contributed by atoms with Gasteiger partial charge >= 0.3 is 0 Å². The Balaban J connectivity index is 3.65. The molecule has 2 heteroatoms. The van der Waals surface area contributed by atoms with Gasteiger partial charge in [-0.2, -0.15) is 0 Å². The Hall–Kier alpha value is -0.0800. The molecular weight excluding hydrogens is 164 g/mol. The molecule has 0 aromatic carbocycles. The highest BCUT2D eigenvalue weighted by Crippen LogP contribution is 2.12. The third kappa shape index (κ3) is 7.03. The van der Waals surface area contributed by atoms with Crippen LogP contribution < -0.4 is 0 Å². The highest BCUT2D eigenvalue weighted by Gasteiger charge is 2.12. The van der Waals surface area contributed by atoms with Crippen molar-refractivity contribution in [1.29, 1.82) is 0 Å². The van der Waals surface area contributed by atoms with Gasteiger partial charge in [0.25, 0.3) is 0 Å². The van der Waals surface area contributed by atoms with Crippen molar-refractivity contribution in [3.63, 3.8) is 0 Å². The zero-order valence-electron chi connectivity index (χ0n) is 9.42. The molecule has 13 heavy (non-hydrogen) atoms. The van der Waals surface area contributed by atoms with Crippen LogP contribution in [0.3, 0.4) is 0 Å². The first-order valence-electron chi connectivity index (χ1n) is 5.43. The summed E-state index contributed by atoms with van der Waals surface area (Å²) in [6, 6.07) is 0. The molecule has 0 fully saturated rings. The average Bonchev–Trinajstić information content (AvgIpc) is 2.02.